The number of rotatable bonds is 5. The van der Waals surface area contributed by atoms with Crippen LogP contribution < -0.4 is 10.1 Å². The molecule has 2 aromatic carbocycles. The number of fused-ring (bicyclic) bond motifs is 1. The Morgan fingerprint density at radius 2 is 1.94 bits per heavy atom. The third-order valence-corrected chi connectivity index (χ3v) is 5.84. The fourth-order valence-electron chi connectivity index (χ4n) is 4.44. The molecule has 0 unspecified atom stereocenters. The third kappa shape index (κ3) is 3.98. The molecular formula is C25H27N3O3. The van der Waals surface area contributed by atoms with E-state index in [4.69, 9.17) is 4.74 Å². The largest absolute Gasteiger partial charge is 0.494 e. The summed E-state index contributed by atoms with van der Waals surface area (Å²) in [7, 11) is 1.86. The quantitative estimate of drug-likeness (QED) is 0.690. The van der Waals surface area contributed by atoms with E-state index in [-0.39, 0.29) is 24.0 Å². The van der Waals surface area contributed by atoms with Gasteiger partial charge in [0, 0.05) is 29.8 Å². The molecule has 0 radical (unpaired) electrons. The van der Waals surface area contributed by atoms with E-state index in [2.05, 4.69) is 10.4 Å². The summed E-state index contributed by atoms with van der Waals surface area (Å²) < 4.78 is 7.35. The number of amides is 1. The molecule has 6 heteroatoms. The van der Waals surface area contributed by atoms with Gasteiger partial charge in [0.1, 0.15) is 5.75 Å². The van der Waals surface area contributed by atoms with Crippen molar-refractivity contribution in [3.05, 3.63) is 82.2 Å². The van der Waals surface area contributed by atoms with Crippen molar-refractivity contribution in [3.63, 3.8) is 0 Å². The van der Waals surface area contributed by atoms with E-state index in [1.165, 1.54) is 0 Å². The summed E-state index contributed by atoms with van der Waals surface area (Å²) in [6.07, 6.45) is 0.249. The lowest BCUT2D eigenvalue weighted by atomic mass is 9.76. The van der Waals surface area contributed by atoms with Gasteiger partial charge in [0.25, 0.3) is 5.91 Å². The fraction of sp³-hybridized carbons (Fsp3) is 0.320. The first kappa shape index (κ1) is 20.8. The number of ketones is 1. The SMILES string of the molecule is CCOc1ccc([C@@H]2c3c(C)nn(C)c3CC(=O)[C@H]2NC(=O)c2cccc(C)c2)cc1. The Hall–Kier alpha value is -3.41. The lowest BCUT2D eigenvalue weighted by Crippen LogP contribution is -2.48. The molecule has 0 aliphatic heterocycles. The van der Waals surface area contributed by atoms with Crippen LogP contribution in [-0.4, -0.2) is 34.1 Å². The standard InChI is InChI=1S/C25H27N3O3/c1-5-31-19-11-9-17(10-12-19)23-22-16(3)27-28(4)20(22)14-21(29)24(23)26-25(30)18-8-6-7-15(2)13-18/h6-13,23-24H,5,14H2,1-4H3,(H,26,30)/t23-,24-/m1/s1. The minimum absolute atomic E-state index is 0.0182. The molecule has 0 bridgehead atoms. The number of aryl methyl sites for hydroxylation is 3. The van der Waals surface area contributed by atoms with Crippen LogP contribution >= 0.6 is 0 Å². The van der Waals surface area contributed by atoms with Gasteiger partial charge in [-0.05, 0) is 50.6 Å². The van der Waals surface area contributed by atoms with Gasteiger partial charge in [-0.15, -0.1) is 0 Å². The number of carbonyl (C=O) groups is 2. The summed E-state index contributed by atoms with van der Waals surface area (Å²) in [5.74, 6) is 0.199. The molecule has 4 rings (SSSR count). The first-order chi connectivity index (χ1) is 14.9. The molecule has 0 fully saturated rings. The highest BCUT2D eigenvalue weighted by atomic mass is 16.5. The fourth-order valence-corrected chi connectivity index (χ4v) is 4.44. The van der Waals surface area contributed by atoms with E-state index < -0.39 is 6.04 Å². The Kier molecular flexibility index (Phi) is 5.63. The van der Waals surface area contributed by atoms with Crippen LogP contribution in [0.4, 0.5) is 0 Å². The highest BCUT2D eigenvalue weighted by Crippen LogP contribution is 2.38. The van der Waals surface area contributed by atoms with Crippen LogP contribution in [0, 0.1) is 13.8 Å². The van der Waals surface area contributed by atoms with Crippen molar-refractivity contribution in [2.45, 2.75) is 39.2 Å². The van der Waals surface area contributed by atoms with Gasteiger partial charge in [0.2, 0.25) is 0 Å². The Labute approximate surface area is 182 Å². The number of benzene rings is 2. The highest BCUT2D eigenvalue weighted by Gasteiger charge is 2.41. The first-order valence-corrected chi connectivity index (χ1v) is 10.5. The molecule has 0 saturated carbocycles. The summed E-state index contributed by atoms with van der Waals surface area (Å²) in [5.41, 5.74) is 5.29. The Bertz CT molecular complexity index is 1130. The summed E-state index contributed by atoms with van der Waals surface area (Å²) in [6, 6.07) is 14.5. The maximum Gasteiger partial charge on any atom is 0.251 e. The molecule has 0 saturated heterocycles. The minimum Gasteiger partial charge on any atom is -0.494 e. The monoisotopic (exact) mass is 417 g/mol. The van der Waals surface area contributed by atoms with Gasteiger partial charge in [-0.2, -0.15) is 5.10 Å². The molecule has 3 aromatic rings. The number of ether oxygens (including phenoxy) is 1. The molecule has 1 N–H and O–H groups in total. The highest BCUT2D eigenvalue weighted by molar-refractivity contribution is 5.99. The van der Waals surface area contributed by atoms with E-state index in [9.17, 15) is 9.59 Å². The third-order valence-electron chi connectivity index (χ3n) is 5.84. The number of hydrogen-bond donors (Lipinski definition) is 1. The molecule has 1 aromatic heterocycles. The van der Waals surface area contributed by atoms with Crippen molar-refractivity contribution >= 4 is 11.7 Å². The van der Waals surface area contributed by atoms with Crippen LogP contribution in [0.2, 0.25) is 0 Å². The normalized spacial score (nSPS) is 17.9. The van der Waals surface area contributed by atoms with Crippen LogP contribution in [0.3, 0.4) is 0 Å². The molecule has 1 amide bonds. The van der Waals surface area contributed by atoms with E-state index >= 15 is 0 Å². The minimum atomic E-state index is -0.665. The van der Waals surface area contributed by atoms with Gasteiger partial charge in [0.05, 0.1) is 24.8 Å². The number of hydrogen-bond acceptors (Lipinski definition) is 4. The van der Waals surface area contributed by atoms with Crippen LogP contribution in [0.5, 0.6) is 5.75 Å². The average molecular weight is 418 g/mol. The van der Waals surface area contributed by atoms with Crippen molar-refractivity contribution in [1.29, 1.82) is 0 Å². The van der Waals surface area contributed by atoms with E-state index in [0.717, 1.165) is 33.8 Å². The molecule has 2 atom stereocenters. The molecule has 1 aliphatic carbocycles. The van der Waals surface area contributed by atoms with Crippen LogP contribution in [0.25, 0.3) is 0 Å². The molecule has 1 aliphatic rings. The van der Waals surface area contributed by atoms with Gasteiger partial charge in [-0.1, -0.05) is 29.8 Å². The summed E-state index contributed by atoms with van der Waals surface area (Å²) >= 11 is 0. The molecule has 1 heterocycles. The van der Waals surface area contributed by atoms with E-state index in [1.807, 2.05) is 70.3 Å². The molecular weight excluding hydrogens is 390 g/mol. The second kappa shape index (κ2) is 8.38. The summed E-state index contributed by atoms with van der Waals surface area (Å²) in [6.45, 7) is 6.42. The van der Waals surface area contributed by atoms with Crippen LogP contribution in [-0.2, 0) is 18.3 Å². The van der Waals surface area contributed by atoms with E-state index in [1.54, 1.807) is 10.7 Å². The lowest BCUT2D eigenvalue weighted by Gasteiger charge is -2.32. The molecule has 31 heavy (non-hydrogen) atoms. The molecule has 0 spiro atoms. The van der Waals surface area contributed by atoms with Crippen molar-refractivity contribution in [2.24, 2.45) is 7.05 Å². The van der Waals surface area contributed by atoms with Crippen molar-refractivity contribution in [2.75, 3.05) is 6.61 Å². The number of nitrogens with one attached hydrogen (secondary N) is 1. The maximum atomic E-state index is 13.2. The Morgan fingerprint density at radius 3 is 2.61 bits per heavy atom. The summed E-state index contributed by atoms with van der Waals surface area (Å²) in [4.78, 5) is 26.2. The zero-order valence-corrected chi connectivity index (χ0v) is 18.3. The van der Waals surface area contributed by atoms with Crippen LogP contribution in [0.1, 0.15) is 51.3 Å². The molecule has 160 valence electrons. The molecule has 6 nitrogen and oxygen atoms in total. The van der Waals surface area contributed by atoms with Crippen molar-refractivity contribution in [1.82, 2.24) is 15.1 Å². The Morgan fingerprint density at radius 1 is 1.19 bits per heavy atom. The zero-order valence-electron chi connectivity index (χ0n) is 18.3. The lowest BCUT2D eigenvalue weighted by molar-refractivity contribution is -0.121. The van der Waals surface area contributed by atoms with Gasteiger partial charge in [-0.25, -0.2) is 0 Å². The van der Waals surface area contributed by atoms with Crippen molar-refractivity contribution in [3.8, 4) is 5.75 Å². The van der Waals surface area contributed by atoms with Gasteiger partial charge >= 0.3 is 0 Å². The predicted octanol–water partition coefficient (Wildman–Crippen LogP) is 3.49. The van der Waals surface area contributed by atoms with Gasteiger partial charge in [0.15, 0.2) is 5.78 Å². The topological polar surface area (TPSA) is 73.2 Å². The number of Topliss-reactive ketones (excluding diaryl/α,β-unsaturated/α-hetero) is 1. The first-order valence-electron chi connectivity index (χ1n) is 10.5. The summed E-state index contributed by atoms with van der Waals surface area (Å²) in [5, 5.41) is 7.58. The van der Waals surface area contributed by atoms with Crippen LogP contribution in [0.15, 0.2) is 48.5 Å². The number of nitrogens with zero attached hydrogens (tertiary/aromatic N) is 2. The smallest absolute Gasteiger partial charge is 0.251 e. The second-order valence-electron chi connectivity index (χ2n) is 8.01. The maximum absolute atomic E-state index is 13.2. The zero-order chi connectivity index (χ0) is 22.1. The van der Waals surface area contributed by atoms with E-state index in [0.29, 0.717) is 12.2 Å². The number of aromatic nitrogens is 2. The second-order valence-corrected chi connectivity index (χ2v) is 8.01. The van der Waals surface area contributed by atoms with Crippen molar-refractivity contribution < 1.29 is 14.3 Å². The van der Waals surface area contributed by atoms with Gasteiger partial charge < -0.3 is 10.1 Å². The average Bonchev–Trinajstić information content (AvgIpc) is 3.02. The van der Waals surface area contributed by atoms with Gasteiger partial charge in [-0.3, -0.25) is 14.3 Å². The number of carbonyl (C=O) groups excluding carboxylic acids is 2. The Balaban J connectivity index is 1.75. The predicted molar refractivity (Wildman–Crippen MR) is 119 cm³/mol.